The van der Waals surface area contributed by atoms with Crippen molar-refractivity contribution in [2.24, 2.45) is 0 Å². The number of aliphatic hydroxyl groups excluding tert-OH is 1. The van der Waals surface area contributed by atoms with Crippen LogP contribution in [0.5, 0.6) is 11.5 Å². The second-order valence-corrected chi connectivity index (χ2v) is 4.78. The zero-order chi connectivity index (χ0) is 14.4. The van der Waals surface area contributed by atoms with Crippen LogP contribution < -0.4 is 9.47 Å². The zero-order valence-electron chi connectivity index (χ0n) is 10.9. The van der Waals surface area contributed by atoms with Crippen LogP contribution in [0, 0.1) is 11.3 Å². The average Bonchev–Trinajstić information content (AvgIpc) is 2.43. The number of methoxy groups -OCH3 is 1. The van der Waals surface area contributed by atoms with Crippen LogP contribution in [0.1, 0.15) is 25.0 Å². The summed E-state index contributed by atoms with van der Waals surface area (Å²) < 4.78 is 11.5. The maximum atomic E-state index is 9.96. The Morgan fingerprint density at radius 1 is 1.58 bits per heavy atom. The van der Waals surface area contributed by atoms with Gasteiger partial charge in [0.25, 0.3) is 0 Å². The minimum atomic E-state index is -1.05. The molecule has 0 aromatic heterocycles. The topological polar surface area (TPSA) is 62.5 Å². The minimum absolute atomic E-state index is 0.0798. The van der Waals surface area contributed by atoms with Gasteiger partial charge in [0.1, 0.15) is 6.10 Å². The first-order valence-electron chi connectivity index (χ1n) is 5.82. The molecular weight excluding hydrogens is 310 g/mol. The minimum Gasteiger partial charge on any atom is -0.493 e. The molecule has 0 aliphatic rings. The van der Waals surface area contributed by atoms with Crippen molar-refractivity contribution in [2.75, 3.05) is 13.7 Å². The SMILES string of the molecule is C=C(C#N)C(O)c1cc(Br)c(OCCC)c(OC)c1. The van der Waals surface area contributed by atoms with Crippen LogP contribution >= 0.6 is 15.9 Å². The van der Waals surface area contributed by atoms with Crippen LogP contribution in [0.4, 0.5) is 0 Å². The molecule has 1 rings (SSSR count). The van der Waals surface area contributed by atoms with Gasteiger partial charge in [-0.3, -0.25) is 0 Å². The number of ether oxygens (including phenoxy) is 2. The number of benzene rings is 1. The summed E-state index contributed by atoms with van der Waals surface area (Å²) in [5.41, 5.74) is 0.607. The summed E-state index contributed by atoms with van der Waals surface area (Å²) in [4.78, 5) is 0. The number of halogens is 1. The molecule has 1 unspecified atom stereocenters. The van der Waals surface area contributed by atoms with Crippen molar-refractivity contribution >= 4 is 15.9 Å². The van der Waals surface area contributed by atoms with E-state index in [1.807, 2.05) is 13.0 Å². The van der Waals surface area contributed by atoms with Gasteiger partial charge < -0.3 is 14.6 Å². The molecule has 0 aliphatic carbocycles. The van der Waals surface area contributed by atoms with E-state index in [0.29, 0.717) is 28.1 Å². The van der Waals surface area contributed by atoms with E-state index >= 15 is 0 Å². The van der Waals surface area contributed by atoms with E-state index < -0.39 is 6.10 Å². The number of hydrogen-bond donors (Lipinski definition) is 1. The molecule has 0 heterocycles. The Balaban J connectivity index is 3.16. The van der Waals surface area contributed by atoms with E-state index in [1.165, 1.54) is 7.11 Å². The quantitative estimate of drug-likeness (QED) is 0.814. The molecule has 0 amide bonds. The van der Waals surface area contributed by atoms with E-state index in [1.54, 1.807) is 12.1 Å². The highest BCUT2D eigenvalue weighted by Gasteiger charge is 2.17. The first-order chi connectivity index (χ1) is 9.04. The zero-order valence-corrected chi connectivity index (χ0v) is 12.5. The molecule has 0 spiro atoms. The summed E-state index contributed by atoms with van der Waals surface area (Å²) in [5.74, 6) is 1.09. The molecule has 1 aromatic carbocycles. The Labute approximate surface area is 121 Å². The van der Waals surface area contributed by atoms with E-state index in [4.69, 9.17) is 14.7 Å². The molecule has 0 bridgehead atoms. The summed E-state index contributed by atoms with van der Waals surface area (Å²) in [7, 11) is 1.52. The van der Waals surface area contributed by atoms with E-state index in [9.17, 15) is 5.11 Å². The predicted octanol–water partition coefficient (Wildman–Crippen LogP) is 3.36. The van der Waals surface area contributed by atoms with Gasteiger partial charge in [0.15, 0.2) is 11.5 Å². The Hall–Kier alpha value is -1.51. The van der Waals surface area contributed by atoms with Crippen LogP contribution in [0.15, 0.2) is 28.8 Å². The van der Waals surface area contributed by atoms with Crippen LogP contribution in [0.25, 0.3) is 0 Å². The van der Waals surface area contributed by atoms with Gasteiger partial charge in [0.05, 0.1) is 29.8 Å². The first kappa shape index (κ1) is 15.5. The van der Waals surface area contributed by atoms with Gasteiger partial charge in [0.2, 0.25) is 0 Å². The summed E-state index contributed by atoms with van der Waals surface area (Å²) in [6.07, 6.45) is -0.166. The fourth-order valence-electron chi connectivity index (χ4n) is 1.50. The molecule has 5 heteroatoms. The van der Waals surface area contributed by atoms with Crippen molar-refractivity contribution in [2.45, 2.75) is 19.4 Å². The lowest BCUT2D eigenvalue weighted by atomic mass is 10.0. The third-order valence-electron chi connectivity index (χ3n) is 2.49. The van der Waals surface area contributed by atoms with Gasteiger partial charge in [-0.15, -0.1) is 0 Å². The molecule has 102 valence electrons. The molecule has 1 N–H and O–H groups in total. The summed E-state index contributed by atoms with van der Waals surface area (Å²) in [5, 5.41) is 18.7. The molecule has 1 atom stereocenters. The maximum Gasteiger partial charge on any atom is 0.175 e. The smallest absolute Gasteiger partial charge is 0.175 e. The van der Waals surface area contributed by atoms with Crippen LogP contribution in [-0.2, 0) is 0 Å². The molecule has 19 heavy (non-hydrogen) atoms. The number of nitriles is 1. The van der Waals surface area contributed by atoms with Crippen LogP contribution in [0.3, 0.4) is 0 Å². The van der Waals surface area contributed by atoms with Gasteiger partial charge in [-0.2, -0.15) is 5.26 Å². The number of nitrogens with zero attached hydrogens (tertiary/aromatic N) is 1. The van der Waals surface area contributed by atoms with E-state index in [0.717, 1.165) is 6.42 Å². The summed E-state index contributed by atoms with van der Waals surface area (Å²) >= 11 is 3.38. The second-order valence-electron chi connectivity index (χ2n) is 3.92. The normalized spacial score (nSPS) is 11.5. The lowest BCUT2D eigenvalue weighted by Gasteiger charge is -2.16. The van der Waals surface area contributed by atoms with Crippen molar-refractivity contribution in [3.8, 4) is 17.6 Å². The number of hydrogen-bond acceptors (Lipinski definition) is 4. The van der Waals surface area contributed by atoms with Crippen molar-refractivity contribution < 1.29 is 14.6 Å². The summed E-state index contributed by atoms with van der Waals surface area (Å²) in [6.45, 7) is 6.09. The van der Waals surface area contributed by atoms with Crippen LogP contribution in [0.2, 0.25) is 0 Å². The molecule has 0 radical (unpaired) electrons. The average molecular weight is 326 g/mol. The van der Waals surface area contributed by atoms with Crippen molar-refractivity contribution in [1.29, 1.82) is 5.26 Å². The summed E-state index contributed by atoms with van der Waals surface area (Å²) in [6, 6.07) is 5.17. The largest absolute Gasteiger partial charge is 0.493 e. The van der Waals surface area contributed by atoms with Crippen molar-refractivity contribution in [1.82, 2.24) is 0 Å². The molecular formula is C14H16BrNO3. The first-order valence-corrected chi connectivity index (χ1v) is 6.61. The van der Waals surface area contributed by atoms with E-state index in [-0.39, 0.29) is 5.57 Å². The predicted molar refractivity (Wildman–Crippen MR) is 76.2 cm³/mol. The third-order valence-corrected chi connectivity index (χ3v) is 3.08. The molecule has 4 nitrogen and oxygen atoms in total. The van der Waals surface area contributed by atoms with Gasteiger partial charge in [0, 0.05) is 0 Å². The molecule has 1 aromatic rings. The molecule has 0 fully saturated rings. The van der Waals surface area contributed by atoms with Gasteiger partial charge in [-0.1, -0.05) is 13.5 Å². The van der Waals surface area contributed by atoms with Crippen molar-refractivity contribution in [3.63, 3.8) is 0 Å². The van der Waals surface area contributed by atoms with Gasteiger partial charge >= 0.3 is 0 Å². The fraction of sp³-hybridized carbons (Fsp3) is 0.357. The maximum absolute atomic E-state index is 9.96. The molecule has 0 aliphatic heterocycles. The Morgan fingerprint density at radius 3 is 2.79 bits per heavy atom. The molecule has 0 saturated carbocycles. The monoisotopic (exact) mass is 325 g/mol. The Kier molecular flexibility index (Phi) is 5.87. The lowest BCUT2D eigenvalue weighted by Crippen LogP contribution is -2.03. The van der Waals surface area contributed by atoms with E-state index in [2.05, 4.69) is 22.5 Å². The highest BCUT2D eigenvalue weighted by Crippen LogP contribution is 2.39. The Morgan fingerprint density at radius 2 is 2.26 bits per heavy atom. The van der Waals surface area contributed by atoms with Crippen molar-refractivity contribution in [3.05, 3.63) is 34.3 Å². The Bertz CT molecular complexity index is 508. The number of aliphatic hydroxyl groups is 1. The standard InChI is InChI=1S/C14H16BrNO3/c1-4-5-19-14-11(15)6-10(7-12(14)18-3)13(17)9(2)8-16/h6-7,13,17H,2,4-5H2,1,3H3. The fourth-order valence-corrected chi connectivity index (χ4v) is 2.08. The second kappa shape index (κ2) is 7.17. The third kappa shape index (κ3) is 3.72. The highest BCUT2D eigenvalue weighted by atomic mass is 79.9. The van der Waals surface area contributed by atoms with Crippen LogP contribution in [-0.4, -0.2) is 18.8 Å². The number of rotatable bonds is 6. The van der Waals surface area contributed by atoms with Gasteiger partial charge in [-0.25, -0.2) is 0 Å². The highest BCUT2D eigenvalue weighted by molar-refractivity contribution is 9.10. The molecule has 0 saturated heterocycles. The van der Waals surface area contributed by atoms with Gasteiger partial charge in [-0.05, 0) is 40.0 Å². The lowest BCUT2D eigenvalue weighted by molar-refractivity contribution is 0.219.